The fraction of sp³-hybridized carbons (Fsp3) is 0.375. The molecule has 2 saturated heterocycles. The van der Waals surface area contributed by atoms with Crippen molar-refractivity contribution in [3.05, 3.63) is 89.5 Å². The lowest BCUT2D eigenvalue weighted by atomic mass is 9.89. The monoisotopic (exact) mass is 527 g/mol. The molecule has 204 valence electrons. The third-order valence-corrected chi connectivity index (χ3v) is 7.69. The largest absolute Gasteiger partial charge is 0.496 e. The van der Waals surface area contributed by atoms with Crippen LogP contribution >= 0.6 is 0 Å². The third-order valence-electron chi connectivity index (χ3n) is 7.69. The molecule has 0 saturated carbocycles. The highest BCUT2D eigenvalue weighted by Crippen LogP contribution is 2.31. The number of amides is 2. The zero-order valence-electron chi connectivity index (χ0n) is 22.5. The molecule has 0 radical (unpaired) electrons. The molecule has 2 heterocycles. The van der Waals surface area contributed by atoms with Gasteiger partial charge in [-0.1, -0.05) is 42.5 Å². The molecular weight excluding hydrogens is 490 g/mol. The number of rotatable bonds is 9. The van der Waals surface area contributed by atoms with Crippen molar-refractivity contribution in [2.75, 3.05) is 43.6 Å². The summed E-state index contributed by atoms with van der Waals surface area (Å²) in [6, 6.07) is 23.3. The Hall–Kier alpha value is -3.84. The molecule has 2 aliphatic heterocycles. The molecule has 1 unspecified atom stereocenters. The van der Waals surface area contributed by atoms with Gasteiger partial charge in [-0.05, 0) is 73.9 Å². The van der Waals surface area contributed by atoms with Crippen molar-refractivity contribution in [1.29, 1.82) is 0 Å². The third kappa shape index (κ3) is 6.79. The predicted molar refractivity (Wildman–Crippen MR) is 154 cm³/mol. The van der Waals surface area contributed by atoms with Crippen molar-refractivity contribution in [2.24, 2.45) is 5.92 Å². The van der Waals surface area contributed by atoms with Crippen LogP contribution in [0.25, 0.3) is 0 Å². The van der Waals surface area contributed by atoms with E-state index in [1.54, 1.807) is 31.4 Å². The van der Waals surface area contributed by atoms with E-state index in [-0.39, 0.29) is 17.9 Å². The van der Waals surface area contributed by atoms with Crippen LogP contribution < -0.4 is 20.3 Å². The van der Waals surface area contributed by atoms with E-state index >= 15 is 0 Å². The first-order chi connectivity index (χ1) is 19.1. The molecule has 0 aromatic heterocycles. The number of piperidine rings is 1. The number of ether oxygens (including phenoxy) is 2. The van der Waals surface area contributed by atoms with E-state index < -0.39 is 0 Å². The van der Waals surface area contributed by atoms with E-state index in [9.17, 15) is 9.59 Å². The first-order valence-electron chi connectivity index (χ1n) is 13.9. The van der Waals surface area contributed by atoms with Crippen molar-refractivity contribution in [2.45, 2.75) is 38.2 Å². The van der Waals surface area contributed by atoms with Crippen molar-refractivity contribution in [3.63, 3.8) is 0 Å². The second-order valence-corrected chi connectivity index (χ2v) is 10.4. The van der Waals surface area contributed by atoms with Gasteiger partial charge in [0.15, 0.2) is 0 Å². The Balaban J connectivity index is 1.32. The summed E-state index contributed by atoms with van der Waals surface area (Å²) in [5, 5.41) is 6.02. The van der Waals surface area contributed by atoms with Gasteiger partial charge in [0, 0.05) is 37.6 Å². The molecule has 0 aliphatic carbocycles. The summed E-state index contributed by atoms with van der Waals surface area (Å²) in [7, 11) is 1.54. The Morgan fingerprint density at radius 3 is 2.44 bits per heavy atom. The molecule has 7 heteroatoms. The number of methoxy groups -OCH3 is 1. The number of para-hydroxylation sites is 1. The minimum absolute atomic E-state index is 0.0552. The second kappa shape index (κ2) is 12.8. The molecule has 1 atom stereocenters. The van der Waals surface area contributed by atoms with Gasteiger partial charge in [-0.3, -0.25) is 9.59 Å². The van der Waals surface area contributed by atoms with E-state index in [0.29, 0.717) is 35.0 Å². The van der Waals surface area contributed by atoms with Gasteiger partial charge in [-0.25, -0.2) is 0 Å². The Bertz CT molecular complexity index is 1270. The average molecular weight is 528 g/mol. The molecular formula is C32H37N3O4. The molecule has 2 N–H and O–H groups in total. The van der Waals surface area contributed by atoms with Crippen LogP contribution in [0.5, 0.6) is 5.75 Å². The highest BCUT2D eigenvalue weighted by molar-refractivity contribution is 6.07. The van der Waals surface area contributed by atoms with E-state index in [1.165, 1.54) is 5.56 Å². The van der Waals surface area contributed by atoms with Crippen LogP contribution in [0.1, 0.15) is 52.0 Å². The first-order valence-corrected chi connectivity index (χ1v) is 13.9. The summed E-state index contributed by atoms with van der Waals surface area (Å²) in [6.45, 7) is 3.00. The number of benzene rings is 3. The highest BCUT2D eigenvalue weighted by Gasteiger charge is 2.25. The fourth-order valence-electron chi connectivity index (χ4n) is 5.53. The van der Waals surface area contributed by atoms with Gasteiger partial charge >= 0.3 is 0 Å². The van der Waals surface area contributed by atoms with Gasteiger partial charge < -0.3 is 25.0 Å². The molecule has 0 spiro atoms. The van der Waals surface area contributed by atoms with Crippen molar-refractivity contribution in [3.8, 4) is 5.75 Å². The normalized spacial score (nSPS) is 17.6. The van der Waals surface area contributed by atoms with Crippen LogP contribution in [0.4, 0.5) is 11.4 Å². The number of nitrogens with zero attached hydrogens (tertiary/aromatic N) is 1. The number of nitrogens with one attached hydrogen (secondary N) is 2. The summed E-state index contributed by atoms with van der Waals surface area (Å²) >= 11 is 0. The Morgan fingerprint density at radius 1 is 0.923 bits per heavy atom. The molecule has 5 rings (SSSR count). The zero-order chi connectivity index (χ0) is 27.0. The molecule has 39 heavy (non-hydrogen) atoms. The Kier molecular flexibility index (Phi) is 8.78. The SMILES string of the molecule is COc1ccccc1C(=O)Nc1ccc(N2CCC(Cc3ccccc3)CC2)c(C(=O)NCC2CCCO2)c1. The number of hydrogen-bond acceptors (Lipinski definition) is 5. The number of carbonyl (C=O) groups is 2. The fourth-order valence-corrected chi connectivity index (χ4v) is 5.53. The molecule has 2 aliphatic rings. The summed E-state index contributed by atoms with van der Waals surface area (Å²) in [5.41, 5.74) is 3.84. The lowest BCUT2D eigenvalue weighted by molar-refractivity contribution is 0.0858. The van der Waals surface area contributed by atoms with Crippen molar-refractivity contribution >= 4 is 23.2 Å². The lowest BCUT2D eigenvalue weighted by Crippen LogP contribution is -2.37. The molecule has 0 bridgehead atoms. The van der Waals surface area contributed by atoms with Crippen molar-refractivity contribution < 1.29 is 19.1 Å². The van der Waals surface area contributed by atoms with Gasteiger partial charge in [0.1, 0.15) is 5.75 Å². The van der Waals surface area contributed by atoms with Gasteiger partial charge in [0.2, 0.25) is 0 Å². The molecule has 7 nitrogen and oxygen atoms in total. The quantitative estimate of drug-likeness (QED) is 0.394. The van der Waals surface area contributed by atoms with Crippen molar-refractivity contribution in [1.82, 2.24) is 5.32 Å². The van der Waals surface area contributed by atoms with Crippen LogP contribution in [-0.2, 0) is 11.2 Å². The van der Waals surface area contributed by atoms with E-state index in [4.69, 9.17) is 9.47 Å². The Morgan fingerprint density at radius 2 is 1.69 bits per heavy atom. The maximum absolute atomic E-state index is 13.5. The summed E-state index contributed by atoms with van der Waals surface area (Å²) in [6.07, 6.45) is 5.25. The standard InChI is InChI=1S/C32H37N3O4/c1-38-30-12-6-5-11-27(30)32(37)34-25-13-14-29(28(21-25)31(36)33-22-26-10-7-19-39-26)35-17-15-24(16-18-35)20-23-8-3-2-4-9-23/h2-6,8-9,11-14,21,24,26H,7,10,15-20,22H2,1H3,(H,33,36)(H,34,37). The van der Waals surface area contributed by atoms with Crippen LogP contribution in [0, 0.1) is 5.92 Å². The highest BCUT2D eigenvalue weighted by atomic mass is 16.5. The zero-order valence-corrected chi connectivity index (χ0v) is 22.5. The number of carbonyl (C=O) groups excluding carboxylic acids is 2. The number of hydrogen-bond donors (Lipinski definition) is 2. The predicted octanol–water partition coefficient (Wildman–Crippen LogP) is 5.32. The van der Waals surface area contributed by atoms with E-state index in [0.717, 1.165) is 57.5 Å². The van der Waals surface area contributed by atoms with Crippen LogP contribution in [0.3, 0.4) is 0 Å². The molecule has 2 amide bonds. The summed E-state index contributed by atoms with van der Waals surface area (Å²) in [4.78, 5) is 28.8. The smallest absolute Gasteiger partial charge is 0.259 e. The summed E-state index contributed by atoms with van der Waals surface area (Å²) in [5.74, 6) is 0.687. The maximum Gasteiger partial charge on any atom is 0.259 e. The number of anilines is 2. The van der Waals surface area contributed by atoms with E-state index in [1.807, 2.05) is 18.2 Å². The van der Waals surface area contributed by atoms with Crippen LogP contribution in [0.2, 0.25) is 0 Å². The molecule has 3 aromatic rings. The minimum atomic E-state index is -0.285. The minimum Gasteiger partial charge on any atom is -0.496 e. The topological polar surface area (TPSA) is 79.9 Å². The lowest BCUT2D eigenvalue weighted by Gasteiger charge is -2.35. The van der Waals surface area contributed by atoms with Gasteiger partial charge in [0.25, 0.3) is 11.8 Å². The first kappa shape index (κ1) is 26.8. The second-order valence-electron chi connectivity index (χ2n) is 10.4. The van der Waals surface area contributed by atoms with Crippen LogP contribution in [-0.4, -0.2) is 51.3 Å². The average Bonchev–Trinajstić information content (AvgIpc) is 3.51. The van der Waals surface area contributed by atoms with Gasteiger partial charge in [-0.2, -0.15) is 0 Å². The molecule has 2 fully saturated rings. The van der Waals surface area contributed by atoms with Gasteiger partial charge in [-0.15, -0.1) is 0 Å². The Labute approximate surface area is 230 Å². The van der Waals surface area contributed by atoms with Gasteiger partial charge in [0.05, 0.1) is 24.3 Å². The van der Waals surface area contributed by atoms with Crippen LogP contribution in [0.15, 0.2) is 72.8 Å². The van der Waals surface area contributed by atoms with E-state index in [2.05, 4.69) is 45.9 Å². The molecule has 3 aromatic carbocycles. The summed E-state index contributed by atoms with van der Waals surface area (Å²) < 4.78 is 11.0. The maximum atomic E-state index is 13.5.